The zero-order valence-electron chi connectivity index (χ0n) is 8.86. The van der Waals surface area contributed by atoms with Gasteiger partial charge in [-0.2, -0.15) is 5.10 Å². The van der Waals surface area contributed by atoms with Gasteiger partial charge in [-0.05, 0) is 19.9 Å². The van der Waals surface area contributed by atoms with Crippen molar-refractivity contribution in [3.8, 4) is 0 Å². The standard InChI is InChI=1S/C12H13N3/c1-9-8-10(2)15(14-9)12(13)11-6-4-3-5-7-11/h3-8,13H,1-2H3. The lowest BCUT2D eigenvalue weighted by atomic mass is 10.2. The highest BCUT2D eigenvalue weighted by molar-refractivity contribution is 5.97. The molecule has 0 aliphatic carbocycles. The van der Waals surface area contributed by atoms with Crippen molar-refractivity contribution in [1.29, 1.82) is 5.41 Å². The van der Waals surface area contributed by atoms with Crippen molar-refractivity contribution in [1.82, 2.24) is 9.78 Å². The van der Waals surface area contributed by atoms with E-state index in [1.807, 2.05) is 50.2 Å². The van der Waals surface area contributed by atoms with Gasteiger partial charge in [0.1, 0.15) is 0 Å². The number of aryl methyl sites for hydroxylation is 2. The van der Waals surface area contributed by atoms with E-state index in [0.29, 0.717) is 5.84 Å². The van der Waals surface area contributed by atoms with Crippen LogP contribution in [0.5, 0.6) is 0 Å². The zero-order chi connectivity index (χ0) is 10.8. The lowest BCUT2D eigenvalue weighted by Crippen LogP contribution is -2.15. The van der Waals surface area contributed by atoms with Crippen molar-refractivity contribution < 1.29 is 0 Å². The molecule has 0 radical (unpaired) electrons. The molecule has 3 nitrogen and oxygen atoms in total. The fraction of sp³-hybridized carbons (Fsp3) is 0.167. The molecular formula is C12H13N3. The first kappa shape index (κ1) is 9.65. The van der Waals surface area contributed by atoms with Gasteiger partial charge in [0.25, 0.3) is 0 Å². The maximum atomic E-state index is 8.03. The van der Waals surface area contributed by atoms with Crippen molar-refractivity contribution in [3.05, 3.63) is 53.3 Å². The van der Waals surface area contributed by atoms with Crippen molar-refractivity contribution in [2.45, 2.75) is 13.8 Å². The molecule has 0 aliphatic heterocycles. The predicted octanol–water partition coefficient (Wildman–Crippen LogP) is 2.37. The molecule has 1 N–H and O–H groups in total. The Morgan fingerprint density at radius 1 is 1.20 bits per heavy atom. The predicted molar refractivity (Wildman–Crippen MR) is 60.4 cm³/mol. The van der Waals surface area contributed by atoms with E-state index in [-0.39, 0.29) is 0 Å². The highest BCUT2D eigenvalue weighted by Crippen LogP contribution is 2.06. The molecule has 1 aromatic heterocycles. The molecule has 3 heteroatoms. The summed E-state index contributed by atoms with van der Waals surface area (Å²) >= 11 is 0. The molecule has 2 rings (SSSR count). The van der Waals surface area contributed by atoms with E-state index >= 15 is 0 Å². The summed E-state index contributed by atoms with van der Waals surface area (Å²) in [4.78, 5) is 0. The van der Waals surface area contributed by atoms with E-state index in [1.165, 1.54) is 0 Å². The molecule has 1 heterocycles. The van der Waals surface area contributed by atoms with Gasteiger partial charge in [-0.15, -0.1) is 0 Å². The second kappa shape index (κ2) is 3.69. The maximum Gasteiger partial charge on any atom is 0.153 e. The number of nitrogens with one attached hydrogen (secondary N) is 1. The fourth-order valence-corrected chi connectivity index (χ4v) is 1.57. The second-order valence-corrected chi connectivity index (χ2v) is 3.55. The van der Waals surface area contributed by atoms with Crippen molar-refractivity contribution in [3.63, 3.8) is 0 Å². The topological polar surface area (TPSA) is 41.7 Å². The van der Waals surface area contributed by atoms with Gasteiger partial charge in [0.05, 0.1) is 5.69 Å². The van der Waals surface area contributed by atoms with E-state index in [2.05, 4.69) is 5.10 Å². The largest absolute Gasteiger partial charge is 0.282 e. The molecule has 2 aromatic rings. The number of nitrogens with zero attached hydrogens (tertiary/aromatic N) is 2. The molecular weight excluding hydrogens is 186 g/mol. The van der Waals surface area contributed by atoms with E-state index < -0.39 is 0 Å². The number of aromatic nitrogens is 2. The van der Waals surface area contributed by atoms with Crippen LogP contribution < -0.4 is 0 Å². The number of hydrogen-bond acceptors (Lipinski definition) is 2. The minimum Gasteiger partial charge on any atom is -0.282 e. The monoisotopic (exact) mass is 199 g/mol. The molecule has 76 valence electrons. The summed E-state index contributed by atoms with van der Waals surface area (Å²) in [6.45, 7) is 3.89. The third-order valence-corrected chi connectivity index (χ3v) is 2.27. The van der Waals surface area contributed by atoms with Crippen molar-refractivity contribution >= 4 is 5.84 Å². The van der Waals surface area contributed by atoms with Gasteiger partial charge in [-0.1, -0.05) is 30.3 Å². The van der Waals surface area contributed by atoms with Gasteiger partial charge in [0.2, 0.25) is 0 Å². The number of benzene rings is 1. The molecule has 0 saturated heterocycles. The molecule has 0 saturated carbocycles. The highest BCUT2D eigenvalue weighted by atomic mass is 15.3. The first-order valence-corrected chi connectivity index (χ1v) is 4.86. The Morgan fingerprint density at radius 2 is 1.87 bits per heavy atom. The summed E-state index contributed by atoms with van der Waals surface area (Å²) in [6.07, 6.45) is 0. The number of rotatable bonds is 1. The van der Waals surface area contributed by atoms with Gasteiger partial charge < -0.3 is 0 Å². The molecule has 0 amide bonds. The Morgan fingerprint density at radius 3 is 2.40 bits per heavy atom. The van der Waals surface area contributed by atoms with Crippen LogP contribution in [0.2, 0.25) is 0 Å². The summed E-state index contributed by atoms with van der Waals surface area (Å²) in [5.74, 6) is 0.418. The Hall–Kier alpha value is -1.90. The maximum absolute atomic E-state index is 8.03. The van der Waals surface area contributed by atoms with Crippen LogP contribution in [0, 0.1) is 19.3 Å². The van der Waals surface area contributed by atoms with Gasteiger partial charge in [0.15, 0.2) is 5.84 Å². The lowest BCUT2D eigenvalue weighted by molar-refractivity contribution is 0.874. The molecule has 0 aliphatic rings. The van der Waals surface area contributed by atoms with Gasteiger partial charge >= 0.3 is 0 Å². The summed E-state index contributed by atoms with van der Waals surface area (Å²) < 4.78 is 1.66. The summed E-state index contributed by atoms with van der Waals surface area (Å²) in [6, 6.07) is 11.6. The lowest BCUT2D eigenvalue weighted by Gasteiger charge is -2.05. The first-order valence-electron chi connectivity index (χ1n) is 4.86. The molecule has 0 bridgehead atoms. The Kier molecular flexibility index (Phi) is 2.37. The van der Waals surface area contributed by atoms with Crippen LogP contribution in [-0.4, -0.2) is 15.6 Å². The van der Waals surface area contributed by atoms with Crippen LogP contribution in [0.25, 0.3) is 0 Å². The third-order valence-electron chi connectivity index (χ3n) is 2.27. The normalized spacial score (nSPS) is 10.3. The zero-order valence-corrected chi connectivity index (χ0v) is 8.86. The van der Waals surface area contributed by atoms with Crippen LogP contribution in [0.3, 0.4) is 0 Å². The smallest absolute Gasteiger partial charge is 0.153 e. The van der Waals surface area contributed by atoms with Crippen molar-refractivity contribution in [2.75, 3.05) is 0 Å². The second-order valence-electron chi connectivity index (χ2n) is 3.55. The Labute approximate surface area is 88.9 Å². The van der Waals surface area contributed by atoms with Crippen LogP contribution in [0.1, 0.15) is 17.0 Å². The highest BCUT2D eigenvalue weighted by Gasteiger charge is 2.07. The molecule has 15 heavy (non-hydrogen) atoms. The van der Waals surface area contributed by atoms with Crippen LogP contribution in [0.4, 0.5) is 0 Å². The summed E-state index contributed by atoms with van der Waals surface area (Å²) in [5, 5.41) is 12.3. The Bertz CT molecular complexity index is 483. The van der Waals surface area contributed by atoms with Crippen LogP contribution >= 0.6 is 0 Å². The van der Waals surface area contributed by atoms with Gasteiger partial charge in [-0.25, -0.2) is 4.68 Å². The SMILES string of the molecule is Cc1cc(C)n(C(=N)c2ccccc2)n1. The summed E-state index contributed by atoms with van der Waals surface area (Å²) in [5.41, 5.74) is 2.80. The van der Waals surface area contributed by atoms with Crippen LogP contribution in [-0.2, 0) is 0 Å². The quantitative estimate of drug-likeness (QED) is 0.556. The number of hydrogen-bond donors (Lipinski definition) is 1. The summed E-state index contributed by atoms with van der Waals surface area (Å²) in [7, 11) is 0. The van der Waals surface area contributed by atoms with Gasteiger partial charge in [0, 0.05) is 11.3 Å². The minimum atomic E-state index is 0.418. The van der Waals surface area contributed by atoms with E-state index in [1.54, 1.807) is 4.68 Å². The Balaban J connectivity index is 2.41. The van der Waals surface area contributed by atoms with Gasteiger partial charge in [-0.3, -0.25) is 5.41 Å². The molecule has 0 atom stereocenters. The molecule has 1 aromatic carbocycles. The molecule has 0 spiro atoms. The van der Waals surface area contributed by atoms with E-state index in [9.17, 15) is 0 Å². The fourth-order valence-electron chi connectivity index (χ4n) is 1.57. The third kappa shape index (κ3) is 1.81. The van der Waals surface area contributed by atoms with E-state index in [0.717, 1.165) is 17.0 Å². The van der Waals surface area contributed by atoms with E-state index in [4.69, 9.17) is 5.41 Å². The molecule has 0 fully saturated rings. The first-order chi connectivity index (χ1) is 7.18. The molecule has 0 unspecified atom stereocenters. The minimum absolute atomic E-state index is 0.418. The van der Waals surface area contributed by atoms with Crippen molar-refractivity contribution in [2.24, 2.45) is 0 Å². The van der Waals surface area contributed by atoms with Crippen LogP contribution in [0.15, 0.2) is 36.4 Å². The average molecular weight is 199 g/mol. The average Bonchev–Trinajstić information content (AvgIpc) is 2.58.